The lowest BCUT2D eigenvalue weighted by Gasteiger charge is -2.30. The maximum absolute atomic E-state index is 13.2. The first kappa shape index (κ1) is 20.7. The Morgan fingerprint density at radius 1 is 1.07 bits per heavy atom. The van der Waals surface area contributed by atoms with Crippen molar-refractivity contribution in [3.63, 3.8) is 0 Å². The van der Waals surface area contributed by atoms with Crippen LogP contribution in [0.4, 0.5) is 10.1 Å². The molecule has 30 heavy (non-hydrogen) atoms. The van der Waals surface area contributed by atoms with E-state index in [0.29, 0.717) is 11.1 Å². The first-order valence-corrected chi connectivity index (χ1v) is 8.87. The predicted octanol–water partition coefficient (Wildman–Crippen LogP) is 1.82. The molecule has 1 heterocycles. The fourth-order valence-corrected chi connectivity index (χ4v) is 3.44. The van der Waals surface area contributed by atoms with Gasteiger partial charge >= 0.3 is 5.97 Å². The van der Waals surface area contributed by atoms with E-state index in [1.807, 2.05) is 0 Å². The summed E-state index contributed by atoms with van der Waals surface area (Å²) in [5.41, 5.74) is 11.4. The van der Waals surface area contributed by atoms with Crippen LogP contribution in [-0.2, 0) is 9.59 Å². The Morgan fingerprint density at radius 3 is 2.20 bits per heavy atom. The quantitative estimate of drug-likeness (QED) is 0.687. The summed E-state index contributed by atoms with van der Waals surface area (Å²) in [4.78, 5) is 49.3. The summed E-state index contributed by atoms with van der Waals surface area (Å²) in [6.45, 7) is 1.56. The third kappa shape index (κ3) is 3.77. The van der Waals surface area contributed by atoms with Crippen molar-refractivity contribution < 1.29 is 28.7 Å². The number of halogens is 1. The van der Waals surface area contributed by atoms with Crippen LogP contribution in [0.1, 0.15) is 44.2 Å². The normalized spacial score (nSPS) is 16.2. The third-order valence-electron chi connectivity index (χ3n) is 4.94. The molecule has 2 aromatic carbocycles. The van der Waals surface area contributed by atoms with E-state index in [1.165, 1.54) is 36.4 Å². The topological polar surface area (TPSA) is 144 Å². The highest BCUT2D eigenvalue weighted by Gasteiger charge is 2.34. The number of amides is 3. The monoisotopic (exact) mass is 411 g/mol. The van der Waals surface area contributed by atoms with Crippen LogP contribution in [0.15, 0.2) is 48.2 Å². The number of aliphatic carboxylic acids is 1. The lowest BCUT2D eigenvalue weighted by molar-refractivity contribution is -0.133. The Balaban J connectivity index is 2.15. The number of anilines is 1. The van der Waals surface area contributed by atoms with Crippen LogP contribution in [0.2, 0.25) is 0 Å². The molecule has 1 aliphatic rings. The number of benzene rings is 2. The van der Waals surface area contributed by atoms with Crippen molar-refractivity contribution in [2.45, 2.75) is 19.3 Å². The molecular formula is C21H18FN3O5. The van der Waals surface area contributed by atoms with E-state index < -0.39 is 35.4 Å². The number of nitrogens with zero attached hydrogens (tertiary/aromatic N) is 1. The van der Waals surface area contributed by atoms with Crippen LogP contribution in [0, 0.1) is 12.7 Å². The number of hydrogen-bond acceptors (Lipinski definition) is 4. The van der Waals surface area contributed by atoms with E-state index >= 15 is 0 Å². The molecule has 1 aliphatic heterocycles. The standard InChI is InChI=1S/C21H18FN3O5/c1-10-6-17(15(20(24)28)7-13(10)19(23)27)25-9-16(21(29)30)14(8-18(25)26)11-2-4-12(22)5-3-11/h2-7,9,14H,8H2,1H3,(H2,23,27)(H2,24,28)(H,29,30). The molecule has 1 unspecified atom stereocenters. The number of carbonyl (C=O) groups is 4. The van der Waals surface area contributed by atoms with E-state index in [0.717, 1.165) is 11.1 Å². The predicted molar refractivity (Wildman–Crippen MR) is 105 cm³/mol. The van der Waals surface area contributed by atoms with Crippen molar-refractivity contribution in [1.82, 2.24) is 0 Å². The first-order valence-electron chi connectivity index (χ1n) is 8.87. The first-order chi connectivity index (χ1) is 14.1. The van der Waals surface area contributed by atoms with Crippen LogP contribution in [-0.4, -0.2) is 28.8 Å². The average Bonchev–Trinajstić information content (AvgIpc) is 2.67. The minimum Gasteiger partial charge on any atom is -0.478 e. The molecule has 0 saturated carbocycles. The fourth-order valence-electron chi connectivity index (χ4n) is 3.44. The Labute approximate surface area is 170 Å². The maximum Gasteiger partial charge on any atom is 0.333 e. The van der Waals surface area contributed by atoms with Gasteiger partial charge in [0.1, 0.15) is 5.82 Å². The molecule has 0 radical (unpaired) electrons. The van der Waals surface area contributed by atoms with Gasteiger partial charge in [-0.2, -0.15) is 0 Å². The van der Waals surface area contributed by atoms with E-state index in [4.69, 9.17) is 11.5 Å². The Morgan fingerprint density at radius 2 is 1.67 bits per heavy atom. The molecule has 1 atom stereocenters. The number of primary amides is 2. The van der Waals surface area contributed by atoms with E-state index in [1.54, 1.807) is 6.92 Å². The highest BCUT2D eigenvalue weighted by atomic mass is 19.1. The lowest BCUT2D eigenvalue weighted by Crippen LogP contribution is -2.36. The SMILES string of the molecule is Cc1cc(N2C=C(C(=O)O)C(c3ccc(F)cc3)CC2=O)c(C(N)=O)cc1C(N)=O. The van der Waals surface area contributed by atoms with Gasteiger partial charge in [0.25, 0.3) is 5.91 Å². The number of nitrogens with two attached hydrogens (primary N) is 2. The van der Waals surface area contributed by atoms with Gasteiger partial charge in [0.2, 0.25) is 11.8 Å². The van der Waals surface area contributed by atoms with Crippen LogP contribution < -0.4 is 16.4 Å². The van der Waals surface area contributed by atoms with Crippen molar-refractivity contribution in [3.8, 4) is 0 Å². The Hall–Kier alpha value is -4.01. The zero-order valence-corrected chi connectivity index (χ0v) is 15.9. The molecular weight excluding hydrogens is 393 g/mol. The van der Waals surface area contributed by atoms with E-state index in [-0.39, 0.29) is 28.8 Å². The number of carbonyl (C=O) groups excluding carboxylic acids is 3. The number of carboxylic acid groups (broad SMARTS) is 1. The summed E-state index contributed by atoms with van der Waals surface area (Å²) in [7, 11) is 0. The number of rotatable bonds is 5. The van der Waals surface area contributed by atoms with Crippen LogP contribution in [0.25, 0.3) is 0 Å². The summed E-state index contributed by atoms with van der Waals surface area (Å²) >= 11 is 0. The summed E-state index contributed by atoms with van der Waals surface area (Å²) in [6.07, 6.45) is 0.895. The minimum absolute atomic E-state index is 0.0475. The minimum atomic E-state index is -1.27. The second-order valence-electron chi connectivity index (χ2n) is 6.87. The zero-order chi connectivity index (χ0) is 22.2. The highest BCUT2D eigenvalue weighted by molar-refractivity contribution is 6.09. The molecule has 154 valence electrons. The van der Waals surface area contributed by atoms with Crippen molar-refractivity contribution >= 4 is 29.4 Å². The fraction of sp³-hybridized carbons (Fsp3) is 0.143. The molecule has 9 heteroatoms. The van der Waals surface area contributed by atoms with Gasteiger partial charge in [-0.1, -0.05) is 12.1 Å². The van der Waals surface area contributed by atoms with Gasteiger partial charge in [-0.3, -0.25) is 19.3 Å². The van der Waals surface area contributed by atoms with Crippen LogP contribution in [0.5, 0.6) is 0 Å². The van der Waals surface area contributed by atoms with E-state index in [2.05, 4.69) is 0 Å². The van der Waals surface area contributed by atoms with E-state index in [9.17, 15) is 28.7 Å². The smallest absolute Gasteiger partial charge is 0.333 e. The van der Waals surface area contributed by atoms with Crippen molar-refractivity contribution in [3.05, 3.63) is 76.2 Å². The molecule has 8 nitrogen and oxygen atoms in total. The molecule has 0 saturated heterocycles. The molecule has 0 aromatic heterocycles. The average molecular weight is 411 g/mol. The summed E-state index contributed by atoms with van der Waals surface area (Å²) in [5, 5.41) is 9.69. The zero-order valence-electron chi connectivity index (χ0n) is 15.9. The Bertz CT molecular complexity index is 1110. The molecule has 0 aliphatic carbocycles. The number of carboxylic acids is 1. The van der Waals surface area contributed by atoms with Crippen LogP contribution >= 0.6 is 0 Å². The molecule has 0 bridgehead atoms. The molecule has 3 amide bonds. The van der Waals surface area contributed by atoms with Gasteiger partial charge in [-0.15, -0.1) is 0 Å². The number of aryl methyl sites for hydroxylation is 1. The number of hydrogen-bond donors (Lipinski definition) is 3. The molecule has 0 fully saturated rings. The van der Waals surface area contributed by atoms with Gasteiger partial charge in [-0.25, -0.2) is 9.18 Å². The summed E-state index contributed by atoms with van der Waals surface area (Å²) < 4.78 is 13.2. The Kier molecular flexibility index (Phi) is 5.37. The molecule has 2 aromatic rings. The third-order valence-corrected chi connectivity index (χ3v) is 4.94. The van der Waals surface area contributed by atoms with Gasteiger partial charge in [0.15, 0.2) is 0 Å². The van der Waals surface area contributed by atoms with Crippen molar-refractivity contribution in [2.24, 2.45) is 11.5 Å². The van der Waals surface area contributed by atoms with Crippen molar-refractivity contribution in [1.29, 1.82) is 0 Å². The van der Waals surface area contributed by atoms with Crippen LogP contribution in [0.3, 0.4) is 0 Å². The highest BCUT2D eigenvalue weighted by Crippen LogP contribution is 2.36. The second-order valence-corrected chi connectivity index (χ2v) is 6.87. The van der Waals surface area contributed by atoms with Gasteiger partial charge in [-0.05, 0) is 42.3 Å². The summed E-state index contributed by atoms with van der Waals surface area (Å²) in [5.74, 6) is -4.73. The largest absolute Gasteiger partial charge is 0.478 e. The van der Waals surface area contributed by atoms with Gasteiger partial charge < -0.3 is 16.6 Å². The lowest BCUT2D eigenvalue weighted by atomic mass is 9.85. The second kappa shape index (κ2) is 7.78. The molecule has 0 spiro atoms. The molecule has 3 rings (SSSR count). The molecule has 5 N–H and O–H groups in total. The summed E-state index contributed by atoms with van der Waals surface area (Å²) in [6, 6.07) is 7.77. The van der Waals surface area contributed by atoms with Gasteiger partial charge in [0, 0.05) is 24.1 Å². The van der Waals surface area contributed by atoms with Gasteiger partial charge in [0.05, 0.1) is 16.8 Å². The van der Waals surface area contributed by atoms with Crippen molar-refractivity contribution in [2.75, 3.05) is 4.90 Å². The maximum atomic E-state index is 13.2.